The first-order valence-corrected chi connectivity index (χ1v) is 10.5. The van der Waals surface area contributed by atoms with Crippen LogP contribution < -0.4 is 4.90 Å². The molecule has 1 saturated heterocycles. The zero-order chi connectivity index (χ0) is 21.3. The fourth-order valence-corrected chi connectivity index (χ4v) is 5.14. The lowest BCUT2D eigenvalue weighted by Gasteiger charge is -2.44. The molecule has 2 heterocycles. The lowest BCUT2D eigenvalue weighted by Crippen LogP contribution is -2.47. The normalized spacial score (nSPS) is 19.0. The van der Waals surface area contributed by atoms with Crippen molar-refractivity contribution in [3.05, 3.63) is 52.8 Å². The fraction of sp³-hybridized carbons (Fsp3) is 0.440. The van der Waals surface area contributed by atoms with Gasteiger partial charge in [0, 0.05) is 43.9 Å². The van der Waals surface area contributed by atoms with E-state index in [-0.39, 0.29) is 17.0 Å². The number of hydrogen-bond acceptors (Lipinski definition) is 5. The molecule has 5 heteroatoms. The molecule has 4 rings (SSSR count). The zero-order valence-electron chi connectivity index (χ0n) is 17.9. The van der Waals surface area contributed by atoms with E-state index in [2.05, 4.69) is 26.7 Å². The van der Waals surface area contributed by atoms with Gasteiger partial charge in [0.15, 0.2) is 0 Å². The van der Waals surface area contributed by atoms with Gasteiger partial charge in [-0.15, -0.1) is 5.92 Å². The van der Waals surface area contributed by atoms with Crippen LogP contribution in [0, 0.1) is 31.1 Å². The molecule has 1 aromatic heterocycles. The number of nitrogens with zero attached hydrogens (tertiary/aromatic N) is 3. The van der Waals surface area contributed by atoms with E-state index >= 15 is 0 Å². The van der Waals surface area contributed by atoms with E-state index in [1.54, 1.807) is 25.4 Å². The quantitative estimate of drug-likeness (QED) is 0.566. The van der Waals surface area contributed by atoms with Gasteiger partial charge in [0.25, 0.3) is 0 Å². The molecule has 0 bridgehead atoms. The Balaban J connectivity index is 1.53. The molecule has 0 N–H and O–H groups in total. The highest BCUT2D eigenvalue weighted by Crippen LogP contribution is 2.46. The topological polar surface area (TPSA) is 63.2 Å². The van der Waals surface area contributed by atoms with Gasteiger partial charge in [-0.2, -0.15) is 0 Å². The first-order valence-electron chi connectivity index (χ1n) is 10.5. The van der Waals surface area contributed by atoms with Crippen LogP contribution in [-0.4, -0.2) is 34.6 Å². The molecule has 1 aliphatic heterocycles. The van der Waals surface area contributed by atoms with Crippen molar-refractivity contribution in [1.82, 2.24) is 9.97 Å². The highest BCUT2D eigenvalue weighted by molar-refractivity contribution is 6.10. The van der Waals surface area contributed by atoms with E-state index in [0.29, 0.717) is 12.8 Å². The number of anilines is 1. The van der Waals surface area contributed by atoms with Gasteiger partial charge in [0.2, 0.25) is 5.95 Å². The molecule has 0 atom stereocenters. The molecule has 154 valence electrons. The maximum absolute atomic E-state index is 13.3. The Labute approximate surface area is 177 Å². The Morgan fingerprint density at radius 3 is 2.10 bits per heavy atom. The van der Waals surface area contributed by atoms with E-state index in [9.17, 15) is 9.59 Å². The smallest absolute Gasteiger partial charge is 0.225 e. The van der Waals surface area contributed by atoms with Crippen LogP contribution >= 0.6 is 0 Å². The van der Waals surface area contributed by atoms with Gasteiger partial charge in [-0.05, 0) is 73.9 Å². The van der Waals surface area contributed by atoms with E-state index in [1.807, 2.05) is 26.0 Å². The highest BCUT2D eigenvalue weighted by atomic mass is 16.2. The van der Waals surface area contributed by atoms with Gasteiger partial charge < -0.3 is 4.90 Å². The van der Waals surface area contributed by atoms with Crippen molar-refractivity contribution < 1.29 is 9.59 Å². The number of ketones is 2. The first-order chi connectivity index (χ1) is 14.4. The molecule has 0 radical (unpaired) electrons. The van der Waals surface area contributed by atoms with Crippen molar-refractivity contribution in [3.63, 3.8) is 0 Å². The Morgan fingerprint density at radius 1 is 1.00 bits per heavy atom. The Hall–Kier alpha value is -3.00. The summed E-state index contributed by atoms with van der Waals surface area (Å²) in [6, 6.07) is 5.78. The minimum absolute atomic E-state index is 0.0659. The number of carbonyl (C=O) groups is 2. The largest absolute Gasteiger partial charge is 0.341 e. The zero-order valence-corrected chi connectivity index (χ0v) is 17.9. The van der Waals surface area contributed by atoms with Gasteiger partial charge in [0.05, 0.1) is 0 Å². The molecule has 0 amide bonds. The van der Waals surface area contributed by atoms with Crippen molar-refractivity contribution in [2.75, 3.05) is 18.0 Å². The molecule has 2 aromatic rings. The number of aryl methyl sites for hydroxylation is 2. The summed E-state index contributed by atoms with van der Waals surface area (Å²) in [5, 5.41) is 0. The van der Waals surface area contributed by atoms with Crippen LogP contribution in [0.1, 0.15) is 60.8 Å². The molecule has 2 aliphatic rings. The van der Waals surface area contributed by atoms with Crippen LogP contribution in [0.15, 0.2) is 30.6 Å². The van der Waals surface area contributed by atoms with Crippen LogP contribution in [-0.2, 0) is 9.59 Å². The van der Waals surface area contributed by atoms with Crippen molar-refractivity contribution in [2.24, 2.45) is 5.41 Å². The first kappa shape index (κ1) is 20.3. The van der Waals surface area contributed by atoms with Gasteiger partial charge >= 0.3 is 0 Å². The minimum Gasteiger partial charge on any atom is -0.341 e. The van der Waals surface area contributed by atoms with E-state index in [0.717, 1.165) is 54.1 Å². The number of carbonyl (C=O) groups excluding carboxylic acids is 2. The van der Waals surface area contributed by atoms with Gasteiger partial charge in [-0.25, -0.2) is 9.97 Å². The number of hydrogen-bond donors (Lipinski definition) is 0. The fourth-order valence-electron chi connectivity index (χ4n) is 5.14. The minimum atomic E-state index is -0.630. The van der Waals surface area contributed by atoms with Crippen LogP contribution in [0.4, 0.5) is 5.95 Å². The SMILES string of the molecule is CC#Cc1cc(C)c(C2C(=O)CC3(CCN(c4ncccn4)CC3)CC2=O)c(C)c1. The summed E-state index contributed by atoms with van der Waals surface area (Å²) >= 11 is 0. The predicted molar refractivity (Wildman–Crippen MR) is 116 cm³/mol. The summed E-state index contributed by atoms with van der Waals surface area (Å²) in [7, 11) is 0. The molecular weight excluding hydrogens is 374 g/mol. The van der Waals surface area contributed by atoms with Crippen molar-refractivity contribution >= 4 is 17.5 Å². The average molecular weight is 402 g/mol. The third kappa shape index (κ3) is 3.75. The van der Waals surface area contributed by atoms with E-state index in [1.165, 1.54) is 0 Å². The number of aromatic nitrogens is 2. The maximum Gasteiger partial charge on any atom is 0.225 e. The lowest BCUT2D eigenvalue weighted by atomic mass is 9.62. The third-order valence-electron chi connectivity index (χ3n) is 6.55. The Bertz CT molecular complexity index is 998. The number of benzene rings is 1. The highest BCUT2D eigenvalue weighted by Gasteiger charge is 2.47. The summed E-state index contributed by atoms with van der Waals surface area (Å²) < 4.78 is 0. The number of Topliss-reactive ketones (excluding diaryl/α,β-unsaturated/α-hetero) is 2. The molecule has 0 unspecified atom stereocenters. The third-order valence-corrected chi connectivity index (χ3v) is 6.55. The second kappa shape index (κ2) is 8.02. The van der Waals surface area contributed by atoms with Crippen LogP contribution in [0.5, 0.6) is 0 Å². The summed E-state index contributed by atoms with van der Waals surface area (Å²) in [4.78, 5) is 37.3. The molecule has 1 aliphatic carbocycles. The van der Waals surface area contributed by atoms with E-state index in [4.69, 9.17) is 0 Å². The second-order valence-electron chi connectivity index (χ2n) is 8.65. The molecule has 30 heavy (non-hydrogen) atoms. The van der Waals surface area contributed by atoms with Gasteiger partial charge in [0.1, 0.15) is 17.5 Å². The summed E-state index contributed by atoms with van der Waals surface area (Å²) in [5.41, 5.74) is 3.55. The van der Waals surface area contributed by atoms with Crippen molar-refractivity contribution in [2.45, 2.75) is 52.4 Å². The summed E-state index contributed by atoms with van der Waals surface area (Å²) in [5.74, 6) is 6.21. The monoisotopic (exact) mass is 401 g/mol. The maximum atomic E-state index is 13.3. The molecule has 1 saturated carbocycles. The molecule has 5 nitrogen and oxygen atoms in total. The van der Waals surface area contributed by atoms with Crippen LogP contribution in [0.3, 0.4) is 0 Å². The van der Waals surface area contributed by atoms with Crippen molar-refractivity contribution in [1.29, 1.82) is 0 Å². The van der Waals surface area contributed by atoms with Crippen molar-refractivity contribution in [3.8, 4) is 11.8 Å². The molecule has 1 spiro atoms. The molecule has 1 aromatic carbocycles. The summed E-state index contributed by atoms with van der Waals surface area (Å²) in [6.07, 6.45) is 6.07. The van der Waals surface area contributed by atoms with Crippen LogP contribution in [0.25, 0.3) is 0 Å². The van der Waals surface area contributed by atoms with Gasteiger partial charge in [-0.3, -0.25) is 9.59 Å². The van der Waals surface area contributed by atoms with E-state index < -0.39 is 5.92 Å². The predicted octanol–water partition coefficient (Wildman–Crippen LogP) is 3.77. The molecule has 2 fully saturated rings. The lowest BCUT2D eigenvalue weighted by molar-refractivity contribution is -0.137. The Kier molecular flexibility index (Phi) is 5.42. The molecular formula is C25H27N3O2. The Morgan fingerprint density at radius 2 is 1.57 bits per heavy atom. The van der Waals surface area contributed by atoms with Crippen LogP contribution in [0.2, 0.25) is 0 Å². The summed E-state index contributed by atoms with van der Waals surface area (Å²) in [6.45, 7) is 7.32. The van der Waals surface area contributed by atoms with Gasteiger partial charge in [-0.1, -0.05) is 5.92 Å². The second-order valence-corrected chi connectivity index (χ2v) is 8.65. The average Bonchev–Trinajstić information content (AvgIpc) is 2.71. The number of piperidine rings is 1. The number of rotatable bonds is 2. The standard InChI is InChI=1S/C25H27N3O2/c1-4-6-19-13-17(2)22(18(3)14-19)23-20(29)15-25(16-21(23)30)7-11-28(12-8-25)24-26-9-5-10-27-24/h5,9-10,13-14,23H,7-8,11-12,15-16H2,1-3H3.